The van der Waals surface area contributed by atoms with E-state index in [-0.39, 0.29) is 5.95 Å². The highest BCUT2D eigenvalue weighted by molar-refractivity contribution is 5.88. The van der Waals surface area contributed by atoms with Gasteiger partial charge in [0.15, 0.2) is 11.5 Å². The third-order valence-corrected chi connectivity index (χ3v) is 2.80. The molecule has 0 fully saturated rings. The fourth-order valence-electron chi connectivity index (χ4n) is 1.85. The van der Waals surface area contributed by atoms with E-state index >= 15 is 0 Å². The first-order chi connectivity index (χ1) is 10.3. The number of aromatic amines is 1. The number of anilines is 1. The van der Waals surface area contributed by atoms with Gasteiger partial charge in [0.25, 0.3) is 0 Å². The minimum atomic E-state index is 0.000427. The Hall–Kier alpha value is -3.38. The number of nitrogens with zero attached hydrogens (tertiary/aromatic N) is 6. The summed E-state index contributed by atoms with van der Waals surface area (Å²) in [4.78, 5) is 17.8. The molecule has 0 radical (unpaired) electrons. The number of imidazole rings is 1. The van der Waals surface area contributed by atoms with Crippen LogP contribution >= 0.6 is 0 Å². The first kappa shape index (κ1) is 12.6. The monoisotopic (exact) mass is 278 g/mol. The van der Waals surface area contributed by atoms with Crippen molar-refractivity contribution >= 4 is 28.6 Å². The van der Waals surface area contributed by atoms with E-state index in [2.05, 4.69) is 41.9 Å². The van der Waals surface area contributed by atoms with E-state index in [1.54, 1.807) is 0 Å². The maximum Gasteiger partial charge on any atom is 0.220 e. The molecule has 0 bridgehead atoms. The Morgan fingerprint density at radius 1 is 1.29 bits per heavy atom. The molecule has 8 nitrogen and oxygen atoms in total. The third kappa shape index (κ3) is 2.51. The highest BCUT2D eigenvalue weighted by Gasteiger charge is 2.10. The van der Waals surface area contributed by atoms with Crippen LogP contribution in [0.15, 0.2) is 48.4 Å². The van der Waals surface area contributed by atoms with E-state index in [4.69, 9.17) is 5.53 Å². The van der Waals surface area contributed by atoms with Crippen LogP contribution in [-0.4, -0.2) is 19.9 Å². The van der Waals surface area contributed by atoms with Gasteiger partial charge in [0.2, 0.25) is 5.95 Å². The van der Waals surface area contributed by atoms with Gasteiger partial charge in [0.05, 0.1) is 6.33 Å². The average molecular weight is 278 g/mol. The molecule has 2 heterocycles. The van der Waals surface area contributed by atoms with E-state index in [1.165, 1.54) is 6.33 Å². The zero-order valence-corrected chi connectivity index (χ0v) is 10.9. The summed E-state index contributed by atoms with van der Waals surface area (Å²) in [7, 11) is 0. The minimum Gasteiger partial charge on any atom is -0.340 e. The van der Waals surface area contributed by atoms with Gasteiger partial charge >= 0.3 is 0 Å². The number of aromatic nitrogens is 4. The molecule has 3 aromatic rings. The van der Waals surface area contributed by atoms with Gasteiger partial charge in [-0.05, 0) is 16.2 Å². The number of nitrogens with one attached hydrogen (secondary N) is 2. The molecule has 102 valence electrons. The first-order valence-electron chi connectivity index (χ1n) is 6.05. The fraction of sp³-hybridized carbons (Fsp3) is 0. The van der Waals surface area contributed by atoms with Gasteiger partial charge in [-0.15, -0.1) is 0 Å². The lowest BCUT2D eigenvalue weighted by atomic mass is 10.2. The minimum absolute atomic E-state index is 0.000427. The first-order valence-corrected chi connectivity index (χ1v) is 6.05. The van der Waals surface area contributed by atoms with Gasteiger partial charge in [-0.2, -0.15) is 0 Å². The van der Waals surface area contributed by atoms with Gasteiger partial charge in [0, 0.05) is 10.6 Å². The molecule has 0 saturated heterocycles. The number of hydrogen-bond donors (Lipinski definition) is 2. The van der Waals surface area contributed by atoms with Crippen molar-refractivity contribution < 1.29 is 0 Å². The molecule has 21 heavy (non-hydrogen) atoms. The lowest BCUT2D eigenvalue weighted by molar-refractivity contribution is 1.15. The molecule has 0 unspecified atom stereocenters. The quantitative estimate of drug-likeness (QED) is 0.432. The number of fused-ring (bicyclic) bond motifs is 1. The van der Waals surface area contributed by atoms with Crippen molar-refractivity contribution in [3.05, 3.63) is 59.2 Å². The summed E-state index contributed by atoms with van der Waals surface area (Å²) in [5, 5.41) is 6.50. The van der Waals surface area contributed by atoms with E-state index < -0.39 is 0 Å². The molecule has 0 atom stereocenters. The number of hydrogen-bond acceptors (Lipinski definition) is 5. The summed E-state index contributed by atoms with van der Waals surface area (Å²) in [6, 6.07) is 9.61. The van der Waals surface area contributed by atoms with Crippen molar-refractivity contribution in [3.63, 3.8) is 0 Å². The van der Waals surface area contributed by atoms with Crippen molar-refractivity contribution in [1.29, 1.82) is 0 Å². The van der Waals surface area contributed by atoms with Gasteiger partial charge in [-0.25, -0.2) is 15.0 Å². The van der Waals surface area contributed by atoms with Crippen LogP contribution in [-0.2, 0) is 0 Å². The summed E-state index contributed by atoms with van der Waals surface area (Å²) in [5.74, 6) is 0.453. The van der Waals surface area contributed by atoms with Crippen LogP contribution < -0.4 is 5.32 Å². The summed E-state index contributed by atoms with van der Waals surface area (Å²) >= 11 is 0. The maximum atomic E-state index is 8.51. The van der Waals surface area contributed by atoms with E-state index in [9.17, 15) is 0 Å². The fourth-order valence-corrected chi connectivity index (χ4v) is 1.85. The summed E-state index contributed by atoms with van der Waals surface area (Å²) in [6.45, 7) is 3.98. The molecule has 0 aliphatic carbocycles. The second kappa shape index (κ2) is 5.32. The molecule has 0 amide bonds. The number of benzene rings is 1. The molecule has 3 rings (SSSR count). The van der Waals surface area contributed by atoms with Crippen LogP contribution in [0.1, 0.15) is 5.56 Å². The van der Waals surface area contributed by atoms with Gasteiger partial charge in [-0.3, -0.25) is 0 Å². The van der Waals surface area contributed by atoms with Gasteiger partial charge in [-0.1, -0.05) is 36.9 Å². The number of rotatable bonds is 4. The Kier molecular flexibility index (Phi) is 3.20. The number of azide groups is 1. The highest BCUT2D eigenvalue weighted by atomic mass is 15.2. The van der Waals surface area contributed by atoms with E-state index in [0.717, 1.165) is 5.56 Å². The van der Waals surface area contributed by atoms with Gasteiger partial charge in [0.1, 0.15) is 5.52 Å². The predicted octanol–water partition coefficient (Wildman–Crippen LogP) is 3.38. The Bertz CT molecular complexity index is 845. The number of H-pyrrole nitrogens is 1. The van der Waals surface area contributed by atoms with Crippen LogP contribution in [0.2, 0.25) is 0 Å². The molecule has 2 aromatic heterocycles. The summed E-state index contributed by atoms with van der Waals surface area (Å²) < 4.78 is 0. The zero-order valence-electron chi connectivity index (χ0n) is 10.9. The molecule has 2 N–H and O–H groups in total. The van der Waals surface area contributed by atoms with Crippen LogP contribution in [0.4, 0.5) is 11.8 Å². The molecule has 0 spiro atoms. The Morgan fingerprint density at radius 2 is 2.10 bits per heavy atom. The van der Waals surface area contributed by atoms with Crippen molar-refractivity contribution in [2.75, 3.05) is 5.32 Å². The molecule has 8 heteroatoms. The summed E-state index contributed by atoms with van der Waals surface area (Å²) in [5.41, 5.74) is 11.1. The molecular weight excluding hydrogens is 268 g/mol. The second-order valence-electron chi connectivity index (χ2n) is 4.13. The highest BCUT2D eigenvalue weighted by Crippen LogP contribution is 2.23. The molecule has 1 aromatic carbocycles. The van der Waals surface area contributed by atoms with Gasteiger partial charge < -0.3 is 10.3 Å². The standard InChI is InChI=1S/C13H10N8/c1-8(9-5-3-2-4-6-9)17-12-10-11(16-7-15-10)18-13(19-12)20-21-14/h2-7H,1H2,(H2,15,16,17,18,19). The van der Waals surface area contributed by atoms with Crippen LogP contribution in [0.25, 0.3) is 27.3 Å². The van der Waals surface area contributed by atoms with Crippen molar-refractivity contribution in [2.24, 2.45) is 5.11 Å². The largest absolute Gasteiger partial charge is 0.340 e. The van der Waals surface area contributed by atoms with Crippen LogP contribution in [0.5, 0.6) is 0 Å². The molecule has 0 saturated carbocycles. The zero-order chi connectivity index (χ0) is 14.7. The lowest BCUT2D eigenvalue weighted by Crippen LogP contribution is -2.01. The van der Waals surface area contributed by atoms with Crippen LogP contribution in [0, 0.1) is 0 Å². The smallest absolute Gasteiger partial charge is 0.220 e. The summed E-state index contributed by atoms with van der Waals surface area (Å²) in [6.07, 6.45) is 1.50. The molecule has 0 aliphatic rings. The lowest BCUT2D eigenvalue weighted by Gasteiger charge is -2.09. The van der Waals surface area contributed by atoms with Crippen molar-refractivity contribution in [3.8, 4) is 0 Å². The average Bonchev–Trinajstić information content (AvgIpc) is 2.97. The van der Waals surface area contributed by atoms with E-state index in [1.807, 2.05) is 30.3 Å². The third-order valence-electron chi connectivity index (χ3n) is 2.80. The Balaban J connectivity index is 2.01. The van der Waals surface area contributed by atoms with Crippen molar-refractivity contribution in [1.82, 2.24) is 19.9 Å². The Labute approximate surface area is 119 Å². The Morgan fingerprint density at radius 3 is 2.86 bits per heavy atom. The van der Waals surface area contributed by atoms with Crippen LogP contribution in [0.3, 0.4) is 0 Å². The molecular formula is C13H10N8. The normalized spacial score (nSPS) is 10.1. The predicted molar refractivity (Wildman–Crippen MR) is 79.6 cm³/mol. The SMILES string of the molecule is C=C(Nc1nc(N=[N+]=[N-])nc2nc[nH]c12)c1ccccc1. The van der Waals surface area contributed by atoms with Crippen molar-refractivity contribution in [2.45, 2.75) is 0 Å². The maximum absolute atomic E-state index is 8.51. The van der Waals surface area contributed by atoms with E-state index in [0.29, 0.717) is 22.7 Å². The topological polar surface area (TPSA) is 115 Å². The second-order valence-corrected chi connectivity index (χ2v) is 4.13. The molecule has 0 aliphatic heterocycles.